The van der Waals surface area contributed by atoms with Crippen LogP contribution >= 0.6 is 34.5 Å². The predicted molar refractivity (Wildman–Crippen MR) is 226 cm³/mol. The fourth-order valence-corrected chi connectivity index (χ4v) is 9.96. The summed E-state index contributed by atoms with van der Waals surface area (Å²) < 4.78 is 128. The highest BCUT2D eigenvalue weighted by molar-refractivity contribution is 7.94. The van der Waals surface area contributed by atoms with Gasteiger partial charge in [-0.2, -0.15) is 23.4 Å². The highest BCUT2D eigenvalue weighted by atomic mass is 35.5. The number of halogens is 7. The average Bonchev–Trinajstić information content (AvgIpc) is 4.10. The molecule has 0 unspecified atom stereocenters. The van der Waals surface area contributed by atoms with E-state index in [9.17, 15) is 38.8 Å². The van der Waals surface area contributed by atoms with Crippen molar-refractivity contribution in [3.63, 3.8) is 0 Å². The van der Waals surface area contributed by atoms with Crippen LogP contribution in [0.2, 0.25) is 10.0 Å². The summed E-state index contributed by atoms with van der Waals surface area (Å²) in [5.74, 6) is -1.77. The normalized spacial score (nSPS) is 12.0. The Morgan fingerprint density at radius 3 is 1.61 bits per heavy atom. The monoisotopic (exact) mass is 943 g/mol. The van der Waals surface area contributed by atoms with Gasteiger partial charge in [-0.05, 0) is 59.7 Å². The van der Waals surface area contributed by atoms with E-state index in [-0.39, 0.29) is 47.7 Å². The van der Waals surface area contributed by atoms with Gasteiger partial charge < -0.3 is 4.52 Å². The Hall–Kier alpha value is -6.32. The molecule has 0 fully saturated rings. The molecule has 0 saturated heterocycles. The van der Waals surface area contributed by atoms with Gasteiger partial charge in [0, 0.05) is 28.0 Å². The Morgan fingerprint density at radius 1 is 0.645 bits per heavy atom. The van der Waals surface area contributed by atoms with Gasteiger partial charge in [0.1, 0.15) is 27.2 Å². The van der Waals surface area contributed by atoms with Crippen molar-refractivity contribution in [3.05, 3.63) is 149 Å². The minimum atomic E-state index is -4.60. The lowest BCUT2D eigenvalue weighted by Crippen LogP contribution is -2.14. The molecule has 0 aliphatic rings. The topological polar surface area (TPSA) is 176 Å². The summed E-state index contributed by atoms with van der Waals surface area (Å²) in [7, 11) is -8.27. The molecule has 0 aliphatic carbocycles. The van der Waals surface area contributed by atoms with Crippen LogP contribution < -0.4 is 9.44 Å². The zero-order valence-electron chi connectivity index (χ0n) is 30.8. The second-order valence-corrected chi connectivity index (χ2v) is 18.5. The van der Waals surface area contributed by atoms with Crippen molar-refractivity contribution in [1.82, 2.24) is 25.6 Å². The van der Waals surface area contributed by atoms with Crippen LogP contribution in [0.4, 0.5) is 33.6 Å². The first-order chi connectivity index (χ1) is 29.5. The van der Waals surface area contributed by atoms with E-state index in [0.717, 1.165) is 23.5 Å². The van der Waals surface area contributed by atoms with Crippen LogP contribution in [-0.2, 0) is 26.2 Å². The van der Waals surface area contributed by atoms with E-state index in [1.165, 1.54) is 18.4 Å². The third-order valence-corrected chi connectivity index (χ3v) is 14.2. The second-order valence-electron chi connectivity index (χ2n) is 13.1. The summed E-state index contributed by atoms with van der Waals surface area (Å²) in [4.78, 5) is 0.222. The van der Waals surface area contributed by atoms with E-state index < -0.39 is 48.3 Å². The van der Waals surface area contributed by atoms with Gasteiger partial charge in [0.2, 0.25) is 0 Å². The van der Waals surface area contributed by atoms with Crippen LogP contribution in [-0.4, -0.2) is 42.4 Å². The predicted octanol–water partition coefficient (Wildman–Crippen LogP) is 11.4. The number of benzene rings is 5. The largest absolute Gasteiger partial charge is 0.416 e. The van der Waals surface area contributed by atoms with Crippen molar-refractivity contribution >= 4 is 88.0 Å². The maximum Gasteiger partial charge on any atom is 0.416 e. The third kappa shape index (κ3) is 8.34. The summed E-state index contributed by atoms with van der Waals surface area (Å²) in [6.07, 6.45) is -3.19. The van der Waals surface area contributed by atoms with Gasteiger partial charge in [-0.3, -0.25) is 19.6 Å². The Bertz CT molecular complexity index is 3310. The molecule has 4 heterocycles. The van der Waals surface area contributed by atoms with Gasteiger partial charge in [0.25, 0.3) is 20.0 Å². The number of hydrogen-bond donors (Lipinski definition) is 4. The minimum absolute atomic E-state index is 0.0110. The molecule has 0 saturated carbocycles. The first-order valence-corrected chi connectivity index (χ1v) is 22.1. The van der Waals surface area contributed by atoms with Crippen molar-refractivity contribution in [1.29, 1.82) is 0 Å². The number of anilines is 2. The Morgan fingerprint density at radius 2 is 1.15 bits per heavy atom. The molecule has 9 aromatic rings. The Labute approximate surface area is 361 Å². The zero-order valence-corrected chi connectivity index (χ0v) is 34.8. The summed E-state index contributed by atoms with van der Waals surface area (Å²) in [5, 5.41) is 16.6. The molecule has 0 atom stereocenters. The second kappa shape index (κ2) is 16.5. The number of aromatic amines is 2. The SMILES string of the molecule is O=S(=O)(Nc1n[nH]c2c(F)c(Cl)c(-c3ccccc3)cc12)c1ccc(-c2ccon2)s1.O=S(=O)(Nc1n[nH]c2c(F)c(Cl)c(-c3ccccc3)cc12)c1ccc(C(F)(F)F)cc1. The highest BCUT2D eigenvalue weighted by Crippen LogP contribution is 2.40. The van der Waals surface area contributed by atoms with Gasteiger partial charge in [0.05, 0.1) is 25.4 Å². The number of thiophene rings is 1. The molecule has 0 amide bonds. The first kappa shape index (κ1) is 42.4. The van der Waals surface area contributed by atoms with Crippen molar-refractivity contribution in [2.45, 2.75) is 15.3 Å². The number of H-pyrrole nitrogens is 2. The lowest BCUT2D eigenvalue weighted by Gasteiger charge is -2.10. The molecule has 0 radical (unpaired) electrons. The van der Waals surface area contributed by atoms with Gasteiger partial charge in [0.15, 0.2) is 23.3 Å². The van der Waals surface area contributed by atoms with Crippen LogP contribution in [0.1, 0.15) is 5.56 Å². The molecule has 22 heteroatoms. The summed E-state index contributed by atoms with van der Waals surface area (Å²) in [5.41, 5.74) is 1.49. The number of nitrogens with zero attached hydrogens (tertiary/aromatic N) is 3. The number of aromatic nitrogens is 5. The lowest BCUT2D eigenvalue weighted by molar-refractivity contribution is -0.137. The lowest BCUT2D eigenvalue weighted by atomic mass is 10.0. The molecule has 0 bridgehead atoms. The van der Waals surface area contributed by atoms with E-state index >= 15 is 0 Å². The number of sulfonamides is 2. The molecule has 4 aromatic heterocycles. The van der Waals surface area contributed by atoms with E-state index in [1.54, 1.807) is 72.8 Å². The van der Waals surface area contributed by atoms with E-state index in [1.807, 2.05) is 6.07 Å². The molecule has 5 aromatic carbocycles. The summed E-state index contributed by atoms with van der Waals surface area (Å²) >= 11 is 13.4. The molecule has 12 nitrogen and oxygen atoms in total. The fraction of sp³-hybridized carbons (Fsp3) is 0.0250. The van der Waals surface area contributed by atoms with Gasteiger partial charge in [-0.1, -0.05) is 89.0 Å². The third-order valence-electron chi connectivity index (χ3n) is 9.14. The van der Waals surface area contributed by atoms with Crippen LogP contribution in [0.5, 0.6) is 0 Å². The van der Waals surface area contributed by atoms with E-state index in [2.05, 4.69) is 35.0 Å². The Kier molecular flexibility index (Phi) is 11.3. The fourth-order valence-electron chi connectivity index (χ4n) is 6.13. The summed E-state index contributed by atoms with van der Waals surface area (Å²) in [6.45, 7) is 0. The van der Waals surface area contributed by atoms with E-state index in [4.69, 9.17) is 27.7 Å². The van der Waals surface area contributed by atoms with Crippen LogP contribution in [0, 0.1) is 11.6 Å². The molecule has 0 spiro atoms. The first-order valence-electron chi connectivity index (χ1n) is 17.6. The molecule has 0 aliphatic heterocycles. The number of nitrogens with one attached hydrogen (secondary N) is 4. The maximum atomic E-state index is 14.9. The summed E-state index contributed by atoms with van der Waals surface area (Å²) in [6, 6.07) is 28.4. The van der Waals surface area contributed by atoms with Crippen molar-refractivity contribution in [2.75, 3.05) is 9.44 Å². The number of fused-ring (bicyclic) bond motifs is 2. The van der Waals surface area contributed by atoms with Crippen LogP contribution in [0.3, 0.4) is 0 Å². The minimum Gasteiger partial charge on any atom is -0.364 e. The Balaban J connectivity index is 0.000000171. The molecule has 316 valence electrons. The number of hydrogen-bond acceptors (Lipinski definition) is 9. The molecular weight excluding hydrogens is 921 g/mol. The van der Waals surface area contributed by atoms with Gasteiger partial charge in [-0.15, -0.1) is 11.3 Å². The zero-order chi connectivity index (χ0) is 44.0. The molecule has 4 N–H and O–H groups in total. The van der Waals surface area contributed by atoms with Crippen molar-refractivity contribution in [3.8, 4) is 32.8 Å². The number of alkyl halides is 3. The molecule has 9 rings (SSSR count). The average molecular weight is 945 g/mol. The highest BCUT2D eigenvalue weighted by Gasteiger charge is 2.31. The number of rotatable bonds is 9. The molecule has 62 heavy (non-hydrogen) atoms. The van der Waals surface area contributed by atoms with Gasteiger partial charge >= 0.3 is 6.18 Å². The van der Waals surface area contributed by atoms with Gasteiger partial charge in [-0.25, -0.2) is 25.6 Å². The van der Waals surface area contributed by atoms with E-state index in [0.29, 0.717) is 45.0 Å². The van der Waals surface area contributed by atoms with Crippen LogP contribution in [0.15, 0.2) is 135 Å². The van der Waals surface area contributed by atoms with Crippen molar-refractivity contribution < 1.29 is 43.3 Å². The quantitative estimate of drug-likeness (QED) is 0.103. The van der Waals surface area contributed by atoms with Crippen molar-refractivity contribution in [2.24, 2.45) is 0 Å². The standard InChI is InChI=1S/C20H12ClF4N3O2S.C20H12ClFN4O3S2/c21-16-14(11-4-2-1-3-5-11)10-15-18(17(16)22)26-27-19(15)28-31(29,30)13-8-6-12(7-9-13)20(23,24)25;21-17-12(11-4-2-1-3-5-11)10-13-19(18(17)22)23-24-20(13)26-31(27,28)16-7-6-15(30-16)14-8-9-29-25-14/h1-10H,(H2,26,27,28);1-10H,(H2,23,24,26). The van der Waals surface area contributed by atoms with Crippen LogP contribution in [0.25, 0.3) is 54.6 Å². The maximum absolute atomic E-state index is 14.9. The molecular formula is C40H24Cl2F5N7O5S3. The smallest absolute Gasteiger partial charge is 0.364 e.